The summed E-state index contributed by atoms with van der Waals surface area (Å²) >= 11 is 0. The lowest BCUT2D eigenvalue weighted by atomic mass is 9.53. The lowest BCUT2D eigenvalue weighted by molar-refractivity contribution is 0.157. The van der Waals surface area contributed by atoms with Gasteiger partial charge in [-0.1, -0.05) is 120 Å². The molecule has 0 heterocycles. The van der Waals surface area contributed by atoms with E-state index in [1.54, 1.807) is 0 Å². The Hall–Kier alpha value is -2.78. The van der Waals surface area contributed by atoms with E-state index in [1.165, 1.54) is 33.3 Å². The van der Waals surface area contributed by atoms with Crippen LogP contribution in [0.5, 0.6) is 5.75 Å². The van der Waals surface area contributed by atoms with Crippen LogP contribution in [0.3, 0.4) is 0 Å². The molecule has 0 saturated carbocycles. The topological polar surface area (TPSA) is 12.5 Å². The van der Waals surface area contributed by atoms with Gasteiger partial charge in [-0.05, 0) is 71.3 Å². The molecule has 0 aliphatic heterocycles. The van der Waals surface area contributed by atoms with Gasteiger partial charge < -0.3 is 9.64 Å². The maximum absolute atomic E-state index is 5.96. The second-order valence-corrected chi connectivity index (χ2v) is 11.9. The Bertz CT molecular complexity index is 1140. The van der Waals surface area contributed by atoms with Crippen LogP contribution in [0, 0.1) is 10.8 Å². The molecule has 1 radical (unpaired) electrons. The van der Waals surface area contributed by atoms with Crippen LogP contribution in [-0.2, 0) is 0 Å². The van der Waals surface area contributed by atoms with E-state index in [2.05, 4.69) is 147 Å². The van der Waals surface area contributed by atoms with Crippen molar-refractivity contribution in [3.8, 4) is 5.75 Å². The molecule has 0 unspecified atom stereocenters. The number of benzene rings is 3. The highest BCUT2D eigenvalue weighted by molar-refractivity contribution is 6.53. The summed E-state index contributed by atoms with van der Waals surface area (Å²) in [6.45, 7) is 15.5. The zero-order valence-electron chi connectivity index (χ0n) is 24.3. The number of likely N-dealkylation sites (N-methyl/N-ethyl adjacent to an activating group) is 1. The van der Waals surface area contributed by atoms with E-state index in [0.717, 1.165) is 25.0 Å². The number of allylic oxidation sites excluding steroid dienone is 1. The highest BCUT2D eigenvalue weighted by atomic mass is 16.5. The highest BCUT2D eigenvalue weighted by Gasteiger charge is 2.32. The van der Waals surface area contributed by atoms with Crippen LogP contribution in [0.15, 0.2) is 78.9 Å². The summed E-state index contributed by atoms with van der Waals surface area (Å²) < 4.78 is 5.96. The van der Waals surface area contributed by atoms with Crippen molar-refractivity contribution in [1.29, 1.82) is 0 Å². The first-order valence-corrected chi connectivity index (χ1v) is 13.6. The van der Waals surface area contributed by atoms with Crippen molar-refractivity contribution in [2.24, 2.45) is 10.8 Å². The van der Waals surface area contributed by atoms with Crippen LogP contribution >= 0.6 is 0 Å². The minimum absolute atomic E-state index is 0.232. The fourth-order valence-corrected chi connectivity index (χ4v) is 4.21. The molecule has 195 valence electrons. The molecule has 0 spiro atoms. The van der Waals surface area contributed by atoms with E-state index in [0.29, 0.717) is 6.61 Å². The van der Waals surface area contributed by atoms with Crippen molar-refractivity contribution < 1.29 is 4.74 Å². The van der Waals surface area contributed by atoms with Gasteiger partial charge in [-0.3, -0.25) is 0 Å². The quantitative estimate of drug-likeness (QED) is 0.199. The van der Waals surface area contributed by atoms with E-state index in [1.807, 2.05) is 0 Å². The fraction of sp³-hybridized carbons (Fsp3) is 0.412. The fourth-order valence-electron chi connectivity index (χ4n) is 4.21. The van der Waals surface area contributed by atoms with Gasteiger partial charge in [-0.2, -0.15) is 0 Å². The molecule has 0 atom stereocenters. The van der Waals surface area contributed by atoms with Crippen LogP contribution in [0.4, 0.5) is 0 Å². The lowest BCUT2D eigenvalue weighted by Crippen LogP contribution is -2.33. The molecule has 0 saturated heterocycles. The largest absolute Gasteiger partial charge is 0.492 e. The highest BCUT2D eigenvalue weighted by Crippen LogP contribution is 2.41. The summed E-state index contributed by atoms with van der Waals surface area (Å²) in [5, 5.41) is 0. The summed E-state index contributed by atoms with van der Waals surface area (Å²) in [5.74, 6) is 0.911. The Balaban J connectivity index is 1.94. The number of hydrogen-bond donors (Lipinski definition) is 0. The third kappa shape index (κ3) is 7.85. The van der Waals surface area contributed by atoms with E-state index in [4.69, 9.17) is 4.74 Å². The third-order valence-corrected chi connectivity index (χ3v) is 7.81. The molecule has 2 nitrogen and oxygen atoms in total. The molecule has 37 heavy (non-hydrogen) atoms. The molecule has 3 aromatic rings. The van der Waals surface area contributed by atoms with Crippen LogP contribution in [0.25, 0.3) is 11.1 Å². The Labute approximate surface area is 227 Å². The van der Waals surface area contributed by atoms with Crippen molar-refractivity contribution in [2.75, 3.05) is 27.2 Å². The molecule has 0 amide bonds. The predicted octanol–water partition coefficient (Wildman–Crippen LogP) is 7.82. The second kappa shape index (κ2) is 12.7. The average Bonchev–Trinajstić information content (AvgIpc) is 2.87. The molecule has 0 bridgehead atoms. The first kappa shape index (κ1) is 28.8. The Morgan fingerprint density at radius 1 is 0.757 bits per heavy atom. The van der Waals surface area contributed by atoms with Gasteiger partial charge in [0.2, 0.25) is 0 Å². The predicted molar refractivity (Wildman–Crippen MR) is 163 cm³/mol. The van der Waals surface area contributed by atoms with Gasteiger partial charge in [-0.25, -0.2) is 0 Å². The smallest absolute Gasteiger partial charge is 0.152 e. The van der Waals surface area contributed by atoms with Crippen molar-refractivity contribution >= 4 is 23.9 Å². The number of rotatable bonds is 11. The summed E-state index contributed by atoms with van der Waals surface area (Å²) in [7, 11) is 6.51. The van der Waals surface area contributed by atoms with Gasteiger partial charge in [-0.15, -0.1) is 0 Å². The lowest BCUT2D eigenvalue weighted by Gasteiger charge is -2.39. The maximum atomic E-state index is 5.96. The van der Waals surface area contributed by atoms with Gasteiger partial charge in [0.25, 0.3) is 0 Å². The first-order valence-electron chi connectivity index (χ1n) is 13.6. The molecule has 3 rings (SSSR count). The Kier molecular flexibility index (Phi) is 9.84. The minimum atomic E-state index is 0.232. The van der Waals surface area contributed by atoms with Crippen molar-refractivity contribution in [1.82, 2.24) is 4.90 Å². The van der Waals surface area contributed by atoms with E-state index < -0.39 is 0 Å². The molecule has 0 N–H and O–H groups in total. The van der Waals surface area contributed by atoms with Crippen LogP contribution in [-0.4, -0.2) is 39.4 Å². The molecule has 0 aromatic heterocycles. The van der Waals surface area contributed by atoms with Crippen molar-refractivity contribution in [3.05, 3.63) is 95.6 Å². The van der Waals surface area contributed by atoms with Crippen LogP contribution in [0.2, 0.25) is 6.32 Å². The molecular formula is C34H45BNO. The average molecular weight is 495 g/mol. The molecule has 0 aliphatic rings. The van der Waals surface area contributed by atoms with Crippen molar-refractivity contribution in [2.45, 2.75) is 54.3 Å². The van der Waals surface area contributed by atoms with E-state index in [9.17, 15) is 0 Å². The zero-order chi connectivity index (χ0) is 27.1. The maximum Gasteiger partial charge on any atom is 0.152 e. The first-order chi connectivity index (χ1) is 17.5. The van der Waals surface area contributed by atoms with Gasteiger partial charge in [0.1, 0.15) is 12.4 Å². The minimum Gasteiger partial charge on any atom is -0.492 e. The molecule has 3 aromatic carbocycles. The molecule has 3 heteroatoms. The summed E-state index contributed by atoms with van der Waals surface area (Å²) in [6, 6.07) is 28.5. The number of nitrogens with zero attached hydrogens (tertiary/aromatic N) is 1. The van der Waals surface area contributed by atoms with Gasteiger partial charge in [0, 0.05) is 6.54 Å². The monoisotopic (exact) mass is 494 g/mol. The van der Waals surface area contributed by atoms with E-state index in [-0.39, 0.29) is 10.8 Å². The Morgan fingerprint density at radius 3 is 1.84 bits per heavy atom. The standard InChI is InChI=1S/C34H45BNO/c1-9-31(26-13-11-10-12-14-26)32(28-17-21-30(22-18-28)37-24-23-36(7)8)27-15-19-29(20-16-27)35-25-34(5,6)33(2,3)4/h10-22H,9,23-25H2,1-8H3/b32-31-. The third-order valence-electron chi connectivity index (χ3n) is 7.81. The molecule has 0 aliphatic carbocycles. The van der Waals surface area contributed by atoms with Gasteiger partial charge in [0.15, 0.2) is 7.28 Å². The van der Waals surface area contributed by atoms with E-state index >= 15 is 0 Å². The van der Waals surface area contributed by atoms with Crippen molar-refractivity contribution in [3.63, 3.8) is 0 Å². The Morgan fingerprint density at radius 2 is 1.32 bits per heavy atom. The molecule has 0 fully saturated rings. The number of hydrogen-bond acceptors (Lipinski definition) is 2. The summed E-state index contributed by atoms with van der Waals surface area (Å²) in [4.78, 5) is 2.13. The summed E-state index contributed by atoms with van der Waals surface area (Å²) in [5.41, 5.74) is 8.14. The zero-order valence-corrected chi connectivity index (χ0v) is 24.3. The molecular weight excluding hydrogens is 449 g/mol. The second-order valence-electron chi connectivity index (χ2n) is 11.9. The van der Waals surface area contributed by atoms with Gasteiger partial charge >= 0.3 is 0 Å². The van der Waals surface area contributed by atoms with Crippen LogP contribution < -0.4 is 10.2 Å². The SMILES string of the molecule is CC/C(=C(\c1ccc([B]CC(C)(C)C(C)(C)C)cc1)c1ccc(OCCN(C)C)cc1)c1ccccc1. The number of ether oxygens (including phenoxy) is 1. The summed E-state index contributed by atoms with van der Waals surface area (Å²) in [6.07, 6.45) is 2.01. The normalized spacial score (nSPS) is 12.9. The van der Waals surface area contributed by atoms with Gasteiger partial charge in [0.05, 0.1) is 0 Å². The van der Waals surface area contributed by atoms with Crippen LogP contribution in [0.1, 0.15) is 64.7 Å².